The van der Waals surface area contributed by atoms with Crippen LogP contribution in [0.3, 0.4) is 0 Å². The molecule has 0 saturated heterocycles. The van der Waals surface area contributed by atoms with Crippen LogP contribution in [0.25, 0.3) is 0 Å². The fourth-order valence-electron chi connectivity index (χ4n) is 3.14. The van der Waals surface area contributed by atoms with Crippen LogP contribution in [0.2, 0.25) is 0 Å². The second-order valence-corrected chi connectivity index (χ2v) is 11.1. The quantitative estimate of drug-likeness (QED) is 0.372. The van der Waals surface area contributed by atoms with Crippen molar-refractivity contribution in [1.29, 1.82) is 0 Å². The van der Waals surface area contributed by atoms with Gasteiger partial charge in [0.1, 0.15) is 6.04 Å². The van der Waals surface area contributed by atoms with Gasteiger partial charge in [-0.2, -0.15) is 0 Å². The number of nitrogens with zero attached hydrogens (tertiary/aromatic N) is 1. The Balaban J connectivity index is 1.59. The number of benzene rings is 2. The highest BCUT2D eigenvalue weighted by molar-refractivity contribution is 7.89. The van der Waals surface area contributed by atoms with E-state index in [1.165, 1.54) is 49.7 Å². The second-order valence-electron chi connectivity index (χ2n) is 7.99. The Kier molecular flexibility index (Phi) is 9.28. The molecule has 1 unspecified atom stereocenters. The average molecular weight is 544 g/mol. The number of nitrogens with one attached hydrogen (secondary N) is 2. The van der Waals surface area contributed by atoms with Crippen molar-refractivity contribution in [3.05, 3.63) is 88.1 Å². The van der Waals surface area contributed by atoms with E-state index in [0.717, 1.165) is 9.87 Å². The minimum atomic E-state index is -3.67. The number of thiophene rings is 1. The van der Waals surface area contributed by atoms with Gasteiger partial charge in [-0.3, -0.25) is 19.7 Å². The number of carbonyl (C=O) groups excluding carboxylic acids is 4. The Hall–Kier alpha value is -3.87. The predicted octanol–water partition coefficient (Wildman–Crippen LogP) is 1.84. The van der Waals surface area contributed by atoms with E-state index in [2.05, 4.69) is 10.6 Å². The zero-order valence-electron chi connectivity index (χ0n) is 20.0. The number of imide groups is 1. The van der Waals surface area contributed by atoms with E-state index in [1.54, 1.807) is 41.8 Å². The van der Waals surface area contributed by atoms with Crippen LogP contribution in [-0.2, 0) is 30.8 Å². The van der Waals surface area contributed by atoms with Crippen molar-refractivity contribution >= 4 is 45.1 Å². The number of rotatable bonds is 10. The number of hydrogen-bond donors (Lipinski definition) is 2. The molecule has 1 heterocycles. The molecular weight excluding hydrogens is 518 g/mol. The lowest BCUT2D eigenvalue weighted by Crippen LogP contribution is -2.44. The Morgan fingerprint density at radius 2 is 1.59 bits per heavy atom. The lowest BCUT2D eigenvalue weighted by molar-refractivity contribution is -0.150. The van der Waals surface area contributed by atoms with Gasteiger partial charge in [-0.1, -0.05) is 36.4 Å². The first-order valence-electron chi connectivity index (χ1n) is 11.0. The Bertz CT molecular complexity index is 1360. The summed E-state index contributed by atoms with van der Waals surface area (Å²) in [5, 5.41) is 6.44. The zero-order valence-corrected chi connectivity index (χ0v) is 21.7. The number of esters is 1. The molecule has 0 aliphatic rings. The molecular formula is C25H25N3O7S2. The van der Waals surface area contributed by atoms with Crippen molar-refractivity contribution in [3.63, 3.8) is 0 Å². The average Bonchev–Trinajstić information content (AvgIpc) is 3.43. The lowest BCUT2D eigenvalue weighted by atomic mass is 10.1. The maximum absolute atomic E-state index is 12.7. The van der Waals surface area contributed by atoms with Gasteiger partial charge in [0.05, 0.1) is 9.77 Å². The van der Waals surface area contributed by atoms with E-state index in [1.807, 2.05) is 6.07 Å². The van der Waals surface area contributed by atoms with Crippen LogP contribution in [0, 0.1) is 0 Å². The van der Waals surface area contributed by atoms with Crippen LogP contribution >= 0.6 is 11.3 Å². The summed E-state index contributed by atoms with van der Waals surface area (Å²) in [4.78, 5) is 50.2. The van der Waals surface area contributed by atoms with Crippen molar-refractivity contribution in [2.75, 3.05) is 20.7 Å². The molecule has 0 aliphatic heterocycles. The van der Waals surface area contributed by atoms with Crippen LogP contribution in [0.4, 0.5) is 0 Å². The molecule has 37 heavy (non-hydrogen) atoms. The number of sulfonamides is 1. The first-order valence-corrected chi connectivity index (χ1v) is 13.3. The maximum Gasteiger partial charge on any atom is 0.329 e. The molecule has 2 N–H and O–H groups in total. The van der Waals surface area contributed by atoms with Gasteiger partial charge >= 0.3 is 5.97 Å². The number of amides is 3. The molecule has 1 atom stereocenters. The highest BCUT2D eigenvalue weighted by Gasteiger charge is 2.25. The summed E-state index contributed by atoms with van der Waals surface area (Å²) in [7, 11) is -0.901. The van der Waals surface area contributed by atoms with Crippen LogP contribution in [0.5, 0.6) is 0 Å². The lowest BCUT2D eigenvalue weighted by Gasteiger charge is -2.17. The van der Waals surface area contributed by atoms with Crippen LogP contribution in [0.15, 0.2) is 77.0 Å². The number of hydrogen-bond acceptors (Lipinski definition) is 8. The van der Waals surface area contributed by atoms with Crippen molar-refractivity contribution in [2.45, 2.75) is 17.4 Å². The summed E-state index contributed by atoms with van der Waals surface area (Å²) in [6.45, 7) is -0.752. The molecule has 2 aromatic carbocycles. The normalized spacial score (nSPS) is 12.0. The fraction of sp³-hybridized carbons (Fsp3) is 0.200. The number of carbonyl (C=O) groups is 4. The fourth-order valence-corrected chi connectivity index (χ4v) is 4.67. The van der Waals surface area contributed by atoms with Gasteiger partial charge in [-0.25, -0.2) is 17.5 Å². The first kappa shape index (κ1) is 27.7. The highest BCUT2D eigenvalue weighted by Crippen LogP contribution is 2.14. The molecule has 0 bridgehead atoms. The van der Waals surface area contributed by atoms with Crippen LogP contribution < -0.4 is 10.6 Å². The van der Waals surface area contributed by atoms with Gasteiger partial charge in [-0.05, 0) is 41.3 Å². The van der Waals surface area contributed by atoms with Crippen LogP contribution in [0.1, 0.15) is 25.6 Å². The standard InChI is InChI=1S/C25H25N3O7S2/c1-28(2)37(33,34)19-12-10-18(11-13-19)23(30)27-22(29)16-35-25(32)20(15-17-7-4-3-5-8-17)26-24(31)21-9-6-14-36-21/h3-14,20H,15-16H2,1-2H3,(H,26,31)(H,27,29,30). The molecule has 0 saturated carbocycles. The maximum atomic E-state index is 12.7. The largest absolute Gasteiger partial charge is 0.454 e. The summed E-state index contributed by atoms with van der Waals surface area (Å²) in [5.41, 5.74) is 0.817. The monoisotopic (exact) mass is 543 g/mol. The van der Waals surface area contributed by atoms with Gasteiger partial charge in [0.25, 0.3) is 17.7 Å². The molecule has 0 spiro atoms. The van der Waals surface area contributed by atoms with Gasteiger partial charge in [0, 0.05) is 26.1 Å². The SMILES string of the molecule is CN(C)S(=O)(=O)c1ccc(C(=O)NC(=O)COC(=O)C(Cc2ccccc2)NC(=O)c2cccs2)cc1. The van der Waals surface area contributed by atoms with Gasteiger partial charge in [0.15, 0.2) is 6.61 Å². The third-order valence-electron chi connectivity index (χ3n) is 5.11. The Labute approximate surface area is 218 Å². The van der Waals surface area contributed by atoms with Gasteiger partial charge < -0.3 is 10.1 Å². The molecule has 0 fully saturated rings. The molecule has 10 nitrogen and oxygen atoms in total. The molecule has 0 aliphatic carbocycles. The second kappa shape index (κ2) is 12.4. The minimum Gasteiger partial charge on any atom is -0.454 e. The highest BCUT2D eigenvalue weighted by atomic mass is 32.2. The smallest absolute Gasteiger partial charge is 0.329 e. The summed E-state index contributed by atoms with van der Waals surface area (Å²) >= 11 is 1.22. The Morgan fingerprint density at radius 1 is 0.919 bits per heavy atom. The third-order valence-corrected chi connectivity index (χ3v) is 7.81. The van der Waals surface area contributed by atoms with E-state index in [4.69, 9.17) is 4.74 Å². The van der Waals surface area contributed by atoms with E-state index < -0.39 is 46.4 Å². The summed E-state index contributed by atoms with van der Waals surface area (Å²) in [6, 6.07) is 16.3. The van der Waals surface area contributed by atoms with Crippen molar-refractivity contribution < 1.29 is 32.3 Å². The molecule has 194 valence electrons. The van der Waals surface area contributed by atoms with Crippen molar-refractivity contribution in [1.82, 2.24) is 14.9 Å². The van der Waals surface area contributed by atoms with E-state index in [9.17, 15) is 27.6 Å². The zero-order chi connectivity index (χ0) is 27.0. The van der Waals surface area contributed by atoms with E-state index in [0.29, 0.717) is 4.88 Å². The molecule has 0 radical (unpaired) electrons. The Morgan fingerprint density at radius 3 is 2.19 bits per heavy atom. The van der Waals surface area contributed by atoms with E-state index >= 15 is 0 Å². The van der Waals surface area contributed by atoms with Gasteiger partial charge in [0.2, 0.25) is 10.0 Å². The van der Waals surface area contributed by atoms with Crippen molar-refractivity contribution in [2.24, 2.45) is 0 Å². The minimum absolute atomic E-state index is 0.0108. The van der Waals surface area contributed by atoms with E-state index in [-0.39, 0.29) is 16.9 Å². The third kappa shape index (κ3) is 7.56. The number of ether oxygens (including phenoxy) is 1. The van der Waals surface area contributed by atoms with Gasteiger partial charge in [-0.15, -0.1) is 11.3 Å². The molecule has 3 amide bonds. The summed E-state index contributed by atoms with van der Waals surface area (Å²) < 4.78 is 30.4. The predicted molar refractivity (Wildman–Crippen MR) is 136 cm³/mol. The first-order chi connectivity index (χ1) is 17.6. The molecule has 3 aromatic rings. The molecule has 1 aromatic heterocycles. The molecule has 3 rings (SSSR count). The summed E-state index contributed by atoms with van der Waals surface area (Å²) in [5.74, 6) is -2.96. The van der Waals surface area contributed by atoms with Crippen molar-refractivity contribution in [3.8, 4) is 0 Å². The van der Waals surface area contributed by atoms with Crippen LogP contribution in [-0.4, -0.2) is 63.2 Å². The molecule has 12 heteroatoms. The summed E-state index contributed by atoms with van der Waals surface area (Å²) in [6.07, 6.45) is 0.138. The topological polar surface area (TPSA) is 139 Å².